The lowest BCUT2D eigenvalue weighted by atomic mass is 10.4. The molecule has 7 nitrogen and oxygen atoms in total. The molecule has 94 valence electrons. The molecule has 2 heterocycles. The number of hydrazine groups is 1. The summed E-state index contributed by atoms with van der Waals surface area (Å²) < 4.78 is 16.6. The molecule has 1 fully saturated rings. The number of hydrogen-bond donors (Lipinski definition) is 2. The first-order valence-corrected chi connectivity index (χ1v) is 6.70. The molecule has 1 aliphatic rings. The molecular formula is C9H15N5O2S. The van der Waals surface area contributed by atoms with Gasteiger partial charge in [-0.3, -0.25) is 4.21 Å². The molecule has 0 amide bonds. The monoisotopic (exact) mass is 257 g/mol. The number of ether oxygens (including phenoxy) is 1. The first-order chi connectivity index (χ1) is 8.26. The zero-order chi connectivity index (χ0) is 12.3. The molecule has 8 heteroatoms. The molecule has 1 aliphatic heterocycles. The van der Waals surface area contributed by atoms with Crippen LogP contribution in [0.15, 0.2) is 6.33 Å². The van der Waals surface area contributed by atoms with Gasteiger partial charge in [0, 0.05) is 35.4 Å². The number of nitrogens with two attached hydrogens (primary N) is 1. The number of rotatable bonds is 3. The van der Waals surface area contributed by atoms with Crippen molar-refractivity contribution in [1.29, 1.82) is 0 Å². The van der Waals surface area contributed by atoms with Crippen LogP contribution in [0.4, 0.5) is 11.6 Å². The Hall–Kier alpha value is -1.41. The molecule has 0 aromatic carbocycles. The Morgan fingerprint density at radius 1 is 1.47 bits per heavy atom. The van der Waals surface area contributed by atoms with Gasteiger partial charge in [0.15, 0.2) is 11.6 Å². The Kier molecular flexibility index (Phi) is 3.75. The smallest absolute Gasteiger partial charge is 0.205 e. The average Bonchev–Trinajstić information content (AvgIpc) is 2.38. The Morgan fingerprint density at radius 3 is 2.76 bits per heavy atom. The van der Waals surface area contributed by atoms with Crippen molar-refractivity contribution in [2.75, 3.05) is 42.0 Å². The number of aromatic nitrogens is 2. The minimum Gasteiger partial charge on any atom is -0.490 e. The molecule has 0 atom stereocenters. The average molecular weight is 257 g/mol. The quantitative estimate of drug-likeness (QED) is 0.548. The van der Waals surface area contributed by atoms with Crippen LogP contribution in [0.3, 0.4) is 0 Å². The molecule has 3 N–H and O–H groups in total. The second kappa shape index (κ2) is 5.28. The van der Waals surface area contributed by atoms with E-state index in [4.69, 9.17) is 10.6 Å². The third kappa shape index (κ3) is 2.47. The number of anilines is 2. The van der Waals surface area contributed by atoms with Crippen LogP contribution >= 0.6 is 0 Å². The van der Waals surface area contributed by atoms with Crippen molar-refractivity contribution in [3.8, 4) is 5.75 Å². The fourth-order valence-electron chi connectivity index (χ4n) is 1.73. The van der Waals surface area contributed by atoms with E-state index in [1.54, 1.807) is 7.11 Å². The summed E-state index contributed by atoms with van der Waals surface area (Å²) in [6, 6.07) is 0. The van der Waals surface area contributed by atoms with E-state index >= 15 is 0 Å². The van der Waals surface area contributed by atoms with Gasteiger partial charge in [-0.1, -0.05) is 0 Å². The van der Waals surface area contributed by atoms with Gasteiger partial charge in [0.2, 0.25) is 5.75 Å². The van der Waals surface area contributed by atoms with Gasteiger partial charge in [0.05, 0.1) is 7.11 Å². The maximum Gasteiger partial charge on any atom is 0.205 e. The van der Waals surface area contributed by atoms with Crippen LogP contribution in [-0.2, 0) is 10.8 Å². The molecule has 1 aromatic heterocycles. The highest BCUT2D eigenvalue weighted by Gasteiger charge is 2.21. The highest BCUT2D eigenvalue weighted by Crippen LogP contribution is 2.31. The van der Waals surface area contributed by atoms with E-state index in [9.17, 15) is 4.21 Å². The molecule has 1 saturated heterocycles. The van der Waals surface area contributed by atoms with Crippen molar-refractivity contribution in [3.05, 3.63) is 6.33 Å². The van der Waals surface area contributed by atoms with Crippen molar-refractivity contribution in [1.82, 2.24) is 9.97 Å². The van der Waals surface area contributed by atoms with E-state index in [-0.39, 0.29) is 0 Å². The molecule has 0 unspecified atom stereocenters. The minimum absolute atomic E-state index is 0.448. The third-order valence-electron chi connectivity index (χ3n) is 2.60. The lowest BCUT2D eigenvalue weighted by Gasteiger charge is -2.28. The summed E-state index contributed by atoms with van der Waals surface area (Å²) in [5.74, 6) is 8.31. The van der Waals surface area contributed by atoms with Gasteiger partial charge < -0.3 is 15.1 Å². The van der Waals surface area contributed by atoms with Crippen molar-refractivity contribution >= 4 is 22.4 Å². The number of nitrogen functional groups attached to an aromatic ring is 1. The third-order valence-corrected chi connectivity index (χ3v) is 3.88. The largest absolute Gasteiger partial charge is 0.490 e. The maximum absolute atomic E-state index is 11.3. The summed E-state index contributed by atoms with van der Waals surface area (Å²) in [7, 11) is 0.830. The van der Waals surface area contributed by atoms with E-state index in [0.717, 1.165) is 0 Å². The number of hydrogen-bond acceptors (Lipinski definition) is 7. The topological polar surface area (TPSA) is 93.4 Å². The zero-order valence-electron chi connectivity index (χ0n) is 9.55. The van der Waals surface area contributed by atoms with Gasteiger partial charge in [0.25, 0.3) is 0 Å². The molecule has 0 radical (unpaired) electrons. The van der Waals surface area contributed by atoms with E-state index in [1.165, 1.54) is 6.33 Å². The van der Waals surface area contributed by atoms with E-state index in [2.05, 4.69) is 15.4 Å². The Balaban J connectivity index is 2.28. The van der Waals surface area contributed by atoms with Gasteiger partial charge in [-0.15, -0.1) is 0 Å². The fraction of sp³-hybridized carbons (Fsp3) is 0.556. The Labute approximate surface area is 102 Å². The molecule has 17 heavy (non-hydrogen) atoms. The van der Waals surface area contributed by atoms with Gasteiger partial charge in [-0.25, -0.2) is 15.8 Å². The molecule has 0 bridgehead atoms. The van der Waals surface area contributed by atoms with Crippen molar-refractivity contribution in [2.24, 2.45) is 5.84 Å². The predicted octanol–water partition coefficient (Wildman–Crippen LogP) is -0.661. The van der Waals surface area contributed by atoms with Gasteiger partial charge in [-0.2, -0.15) is 0 Å². The molecular weight excluding hydrogens is 242 g/mol. The molecule has 0 spiro atoms. The van der Waals surface area contributed by atoms with Crippen LogP contribution < -0.4 is 20.9 Å². The summed E-state index contributed by atoms with van der Waals surface area (Å²) in [6.45, 7) is 1.40. The molecule has 1 aromatic rings. The van der Waals surface area contributed by atoms with Crippen LogP contribution in [0.25, 0.3) is 0 Å². The first kappa shape index (κ1) is 12.1. The van der Waals surface area contributed by atoms with Crippen LogP contribution in [0.1, 0.15) is 0 Å². The highest BCUT2D eigenvalue weighted by atomic mass is 32.2. The lowest BCUT2D eigenvalue weighted by Crippen LogP contribution is -2.38. The van der Waals surface area contributed by atoms with Crippen LogP contribution in [-0.4, -0.2) is 45.9 Å². The van der Waals surface area contributed by atoms with Crippen molar-refractivity contribution in [3.63, 3.8) is 0 Å². The lowest BCUT2D eigenvalue weighted by molar-refractivity contribution is 0.412. The van der Waals surface area contributed by atoms with Gasteiger partial charge >= 0.3 is 0 Å². The number of methoxy groups -OCH3 is 1. The minimum atomic E-state index is -0.717. The van der Waals surface area contributed by atoms with Crippen LogP contribution in [0.2, 0.25) is 0 Å². The molecule has 2 rings (SSSR count). The first-order valence-electron chi connectivity index (χ1n) is 5.21. The van der Waals surface area contributed by atoms with Crippen molar-refractivity contribution < 1.29 is 8.95 Å². The second-order valence-corrected chi connectivity index (χ2v) is 5.25. The maximum atomic E-state index is 11.3. The highest BCUT2D eigenvalue weighted by molar-refractivity contribution is 7.85. The standard InChI is InChI=1S/C9H15N5O2S/c1-16-7-8(13-10)11-6-12-9(7)14-2-4-17(15)5-3-14/h6H,2-5,10H2,1H3,(H,11,12,13). The van der Waals surface area contributed by atoms with Crippen LogP contribution in [0.5, 0.6) is 5.75 Å². The number of nitrogens with one attached hydrogen (secondary N) is 1. The normalized spacial score (nSPS) is 16.9. The molecule has 0 aliphatic carbocycles. The Morgan fingerprint density at radius 2 is 2.18 bits per heavy atom. The summed E-state index contributed by atoms with van der Waals surface area (Å²) in [5, 5.41) is 0. The molecule has 0 saturated carbocycles. The van der Waals surface area contributed by atoms with Crippen LogP contribution in [0, 0.1) is 0 Å². The van der Waals surface area contributed by atoms with Gasteiger partial charge in [0.1, 0.15) is 6.33 Å². The zero-order valence-corrected chi connectivity index (χ0v) is 10.4. The number of nitrogens with zero attached hydrogens (tertiary/aromatic N) is 3. The van der Waals surface area contributed by atoms with E-state index in [0.29, 0.717) is 42.0 Å². The summed E-state index contributed by atoms with van der Waals surface area (Å²) >= 11 is 0. The predicted molar refractivity (Wildman–Crippen MR) is 66.5 cm³/mol. The summed E-state index contributed by atoms with van der Waals surface area (Å²) in [4.78, 5) is 10.2. The van der Waals surface area contributed by atoms with E-state index in [1.807, 2.05) is 4.90 Å². The Bertz CT molecular complexity index is 418. The second-order valence-electron chi connectivity index (χ2n) is 3.56. The summed E-state index contributed by atoms with van der Waals surface area (Å²) in [6.07, 6.45) is 1.43. The van der Waals surface area contributed by atoms with Crippen molar-refractivity contribution in [2.45, 2.75) is 0 Å². The van der Waals surface area contributed by atoms with E-state index < -0.39 is 10.8 Å². The SMILES string of the molecule is COc1c(NN)ncnc1N1CCS(=O)CC1. The fourth-order valence-corrected chi connectivity index (χ4v) is 2.78. The van der Waals surface area contributed by atoms with Gasteiger partial charge in [-0.05, 0) is 0 Å². The summed E-state index contributed by atoms with van der Waals surface area (Å²) in [5.41, 5.74) is 2.47.